The van der Waals surface area contributed by atoms with Crippen molar-refractivity contribution in [3.05, 3.63) is 30.1 Å². The zero-order chi connectivity index (χ0) is 8.10. The van der Waals surface area contributed by atoms with Gasteiger partial charge in [-0.3, -0.25) is 4.98 Å². The first-order chi connectivity index (χ1) is 5.29. The van der Waals surface area contributed by atoms with Crippen LogP contribution >= 0.6 is 0 Å². The van der Waals surface area contributed by atoms with Crippen molar-refractivity contribution in [1.29, 1.82) is 0 Å². The molecule has 1 aliphatic carbocycles. The Morgan fingerprint density at radius 1 is 1.36 bits per heavy atom. The van der Waals surface area contributed by atoms with E-state index >= 15 is 0 Å². The zero-order valence-electron chi connectivity index (χ0n) is 7.25. The van der Waals surface area contributed by atoms with Crippen molar-refractivity contribution in [2.75, 3.05) is 0 Å². The van der Waals surface area contributed by atoms with Gasteiger partial charge in [0, 0.05) is 11.9 Å². The number of hydrogen-bond acceptors (Lipinski definition) is 1. The monoisotopic (exact) mass is 149 g/mol. The van der Waals surface area contributed by atoms with Gasteiger partial charge in [-0.25, -0.2) is 0 Å². The lowest BCUT2D eigenvalue weighted by atomic mass is 10.4. The van der Waals surface area contributed by atoms with E-state index in [1.807, 2.05) is 25.1 Å². The van der Waals surface area contributed by atoms with E-state index in [0.717, 1.165) is 11.6 Å². The van der Waals surface area contributed by atoms with Crippen molar-refractivity contribution in [3.63, 3.8) is 0 Å². The van der Waals surface area contributed by atoms with Crippen LogP contribution in [-0.4, -0.2) is 4.98 Å². The van der Waals surface area contributed by atoms with Crippen LogP contribution in [0, 0.1) is 12.8 Å². The summed E-state index contributed by atoms with van der Waals surface area (Å²) in [4.78, 5) is 3.98. The second-order valence-corrected chi connectivity index (χ2v) is 3.15. The van der Waals surface area contributed by atoms with Gasteiger partial charge in [0.05, 0.1) is 0 Å². The minimum atomic E-state index is 1.07. The van der Waals surface area contributed by atoms with Crippen molar-refractivity contribution in [2.24, 2.45) is 5.92 Å². The number of hydrogen-bond donors (Lipinski definition) is 0. The van der Waals surface area contributed by atoms with Gasteiger partial charge in [-0.05, 0) is 25.0 Å². The van der Waals surface area contributed by atoms with Gasteiger partial charge in [0.15, 0.2) is 0 Å². The fraction of sp³-hybridized carbons (Fsp3) is 0.500. The van der Waals surface area contributed by atoms with Gasteiger partial charge in [-0.1, -0.05) is 25.8 Å². The van der Waals surface area contributed by atoms with Gasteiger partial charge in [0.2, 0.25) is 0 Å². The highest BCUT2D eigenvalue weighted by Crippen LogP contribution is 2.26. The molecule has 1 fully saturated rings. The largest absolute Gasteiger partial charge is 0.262 e. The molecule has 0 unspecified atom stereocenters. The highest BCUT2D eigenvalue weighted by molar-refractivity contribution is 4.99. The molecule has 0 radical (unpaired) electrons. The molecule has 1 saturated carbocycles. The first-order valence-electron chi connectivity index (χ1n) is 4.16. The van der Waals surface area contributed by atoms with Gasteiger partial charge < -0.3 is 0 Å². The smallest absolute Gasteiger partial charge is 0.0372 e. The van der Waals surface area contributed by atoms with Crippen molar-refractivity contribution in [3.8, 4) is 0 Å². The first kappa shape index (κ1) is 8.25. The van der Waals surface area contributed by atoms with E-state index in [0.29, 0.717) is 0 Å². The van der Waals surface area contributed by atoms with Crippen molar-refractivity contribution in [2.45, 2.75) is 26.7 Å². The second kappa shape index (κ2) is 4.12. The van der Waals surface area contributed by atoms with Crippen molar-refractivity contribution in [1.82, 2.24) is 4.98 Å². The third-order valence-electron chi connectivity index (χ3n) is 1.68. The van der Waals surface area contributed by atoms with Gasteiger partial charge in [-0.15, -0.1) is 0 Å². The third-order valence-corrected chi connectivity index (χ3v) is 1.68. The quantitative estimate of drug-likeness (QED) is 0.552. The van der Waals surface area contributed by atoms with Gasteiger partial charge >= 0.3 is 0 Å². The summed E-state index contributed by atoms with van der Waals surface area (Å²) >= 11 is 0. The molecule has 0 aromatic carbocycles. The van der Waals surface area contributed by atoms with Gasteiger partial charge in [-0.2, -0.15) is 0 Å². The number of aromatic nitrogens is 1. The minimum absolute atomic E-state index is 1.07. The lowest BCUT2D eigenvalue weighted by Crippen LogP contribution is -1.72. The van der Waals surface area contributed by atoms with Crippen LogP contribution in [0.3, 0.4) is 0 Å². The molecule has 1 aliphatic rings. The predicted molar refractivity (Wildman–Crippen MR) is 47.4 cm³/mol. The van der Waals surface area contributed by atoms with Crippen LogP contribution in [0.25, 0.3) is 0 Å². The van der Waals surface area contributed by atoms with Gasteiger partial charge in [0.25, 0.3) is 0 Å². The van der Waals surface area contributed by atoms with Crippen LogP contribution < -0.4 is 0 Å². The average Bonchev–Trinajstić information content (AvgIpc) is 2.75. The van der Waals surface area contributed by atoms with Crippen LogP contribution in [0.2, 0.25) is 0 Å². The Balaban J connectivity index is 0.000000128. The lowest BCUT2D eigenvalue weighted by Gasteiger charge is -1.82. The molecule has 1 heterocycles. The van der Waals surface area contributed by atoms with E-state index in [1.54, 1.807) is 6.20 Å². The van der Waals surface area contributed by atoms with Crippen LogP contribution in [0.5, 0.6) is 0 Å². The van der Waals surface area contributed by atoms with E-state index in [4.69, 9.17) is 0 Å². The van der Waals surface area contributed by atoms with Crippen molar-refractivity contribution >= 4 is 0 Å². The Bertz CT molecular complexity index is 189. The molecule has 1 aromatic heterocycles. The Labute approximate surface area is 68.5 Å². The molecule has 0 bridgehead atoms. The summed E-state index contributed by atoms with van der Waals surface area (Å²) in [6.45, 7) is 4.25. The predicted octanol–water partition coefficient (Wildman–Crippen LogP) is 2.81. The summed E-state index contributed by atoms with van der Waals surface area (Å²) in [5.74, 6) is 1.08. The van der Waals surface area contributed by atoms with Crippen LogP contribution in [-0.2, 0) is 0 Å². The van der Waals surface area contributed by atoms with E-state index in [-0.39, 0.29) is 0 Å². The van der Waals surface area contributed by atoms with Crippen LogP contribution in [0.4, 0.5) is 0 Å². The molecule has 0 N–H and O–H groups in total. The Hall–Kier alpha value is -0.850. The highest BCUT2D eigenvalue weighted by Gasteiger charge is 2.12. The molecule has 11 heavy (non-hydrogen) atoms. The fourth-order valence-electron chi connectivity index (χ4n) is 0.615. The maximum atomic E-state index is 3.98. The molecule has 1 nitrogen and oxygen atoms in total. The maximum absolute atomic E-state index is 3.98. The Morgan fingerprint density at radius 3 is 2.18 bits per heavy atom. The summed E-state index contributed by atoms with van der Waals surface area (Å²) in [5, 5.41) is 0. The molecule has 0 amide bonds. The Kier molecular flexibility index (Phi) is 3.09. The minimum Gasteiger partial charge on any atom is -0.262 e. The molecule has 0 aliphatic heterocycles. The summed E-state index contributed by atoms with van der Waals surface area (Å²) in [6, 6.07) is 5.86. The number of nitrogens with zero attached hydrogens (tertiary/aromatic N) is 1. The SMILES string of the molecule is CC1CC1.Cc1ccccn1. The van der Waals surface area contributed by atoms with Crippen molar-refractivity contribution < 1.29 is 0 Å². The molecule has 0 spiro atoms. The molecule has 1 heteroatoms. The fourth-order valence-corrected chi connectivity index (χ4v) is 0.615. The maximum Gasteiger partial charge on any atom is 0.0372 e. The molecular formula is C10H15N. The normalized spacial score (nSPS) is 15.1. The molecular weight excluding hydrogens is 134 g/mol. The third kappa shape index (κ3) is 4.54. The molecule has 1 aromatic rings. The number of pyridine rings is 1. The van der Waals surface area contributed by atoms with Gasteiger partial charge in [0.1, 0.15) is 0 Å². The number of rotatable bonds is 0. The lowest BCUT2D eigenvalue weighted by molar-refractivity contribution is 0.983. The molecule has 0 atom stereocenters. The first-order valence-corrected chi connectivity index (χ1v) is 4.16. The summed E-state index contributed by atoms with van der Waals surface area (Å²) < 4.78 is 0. The summed E-state index contributed by atoms with van der Waals surface area (Å²) in [6.07, 6.45) is 4.76. The van der Waals surface area contributed by atoms with E-state index in [1.165, 1.54) is 12.8 Å². The Morgan fingerprint density at radius 2 is 2.00 bits per heavy atom. The number of aryl methyl sites for hydroxylation is 1. The molecule has 2 rings (SSSR count). The summed E-state index contributed by atoms with van der Waals surface area (Å²) in [7, 11) is 0. The van der Waals surface area contributed by atoms with Crippen LogP contribution in [0.15, 0.2) is 24.4 Å². The second-order valence-electron chi connectivity index (χ2n) is 3.15. The van der Waals surface area contributed by atoms with E-state index in [2.05, 4.69) is 11.9 Å². The van der Waals surface area contributed by atoms with E-state index < -0.39 is 0 Å². The van der Waals surface area contributed by atoms with Crippen LogP contribution in [0.1, 0.15) is 25.5 Å². The average molecular weight is 149 g/mol. The summed E-state index contributed by atoms with van der Waals surface area (Å²) in [5.41, 5.74) is 1.07. The van der Waals surface area contributed by atoms with E-state index in [9.17, 15) is 0 Å². The standard InChI is InChI=1S/C6H7N.C4H8/c1-6-4-2-3-5-7-6;1-4-2-3-4/h2-5H,1H3;4H,2-3H2,1H3. The zero-order valence-corrected chi connectivity index (χ0v) is 7.25. The topological polar surface area (TPSA) is 12.9 Å². The molecule has 60 valence electrons. The highest BCUT2D eigenvalue weighted by atomic mass is 14.6. The molecule has 0 saturated heterocycles.